The highest BCUT2D eigenvalue weighted by atomic mass is 16.5. The number of aromatic nitrogens is 3. The van der Waals surface area contributed by atoms with E-state index in [1.807, 2.05) is 0 Å². The molecule has 0 aromatic carbocycles. The van der Waals surface area contributed by atoms with Gasteiger partial charge in [-0.1, -0.05) is 0 Å². The maximum absolute atomic E-state index is 13.1. The van der Waals surface area contributed by atoms with E-state index in [9.17, 15) is 4.79 Å². The lowest BCUT2D eigenvalue weighted by atomic mass is 10.1. The number of rotatable bonds is 3. The van der Waals surface area contributed by atoms with Crippen molar-refractivity contribution in [2.45, 2.75) is 18.6 Å². The zero-order valence-corrected chi connectivity index (χ0v) is 12.6. The van der Waals surface area contributed by atoms with Crippen LogP contribution in [0.4, 0.5) is 0 Å². The van der Waals surface area contributed by atoms with Crippen LogP contribution in [-0.4, -0.2) is 45.5 Å². The fourth-order valence-corrected chi connectivity index (χ4v) is 3.11. The molecule has 7 heteroatoms. The molecule has 0 aliphatic carbocycles. The molecule has 0 unspecified atom stereocenters. The predicted molar refractivity (Wildman–Crippen MR) is 81.8 cm³/mol. The number of H-pyrrole nitrogens is 1. The van der Waals surface area contributed by atoms with Crippen molar-refractivity contribution in [2.24, 2.45) is 0 Å². The van der Waals surface area contributed by atoms with E-state index in [-0.39, 0.29) is 18.1 Å². The number of nitrogens with one attached hydrogen (secondary N) is 1. The largest absolute Gasteiger partial charge is 0.464 e. The van der Waals surface area contributed by atoms with Crippen LogP contribution < -0.4 is 0 Å². The summed E-state index contributed by atoms with van der Waals surface area (Å²) in [5, 5.41) is 0.719. The lowest BCUT2D eigenvalue weighted by Gasteiger charge is -2.22. The van der Waals surface area contributed by atoms with Crippen molar-refractivity contribution in [2.75, 3.05) is 13.7 Å². The fourth-order valence-electron chi connectivity index (χ4n) is 3.11. The molecule has 1 amide bonds. The van der Waals surface area contributed by atoms with E-state index >= 15 is 0 Å². The number of likely N-dealkylation sites (tertiary alicyclic amines) is 1. The van der Waals surface area contributed by atoms with Crippen LogP contribution in [0.1, 0.15) is 28.8 Å². The molecule has 1 N–H and O–H groups in total. The second kappa shape index (κ2) is 5.51. The molecule has 1 aliphatic heterocycles. The van der Waals surface area contributed by atoms with E-state index in [4.69, 9.17) is 9.15 Å². The predicted octanol–water partition coefficient (Wildman–Crippen LogP) is 2.15. The van der Waals surface area contributed by atoms with Crippen molar-refractivity contribution < 1.29 is 13.9 Å². The number of ether oxygens (including phenoxy) is 1. The fraction of sp³-hybridized carbons (Fsp3) is 0.312. The Bertz CT molecular complexity index is 827. The first-order valence-electron chi connectivity index (χ1n) is 7.43. The number of aromatic amines is 1. The first kappa shape index (κ1) is 14.0. The Morgan fingerprint density at radius 2 is 2.30 bits per heavy atom. The number of hydrogen-bond acceptors (Lipinski definition) is 5. The Hall–Kier alpha value is -2.67. The summed E-state index contributed by atoms with van der Waals surface area (Å²) in [5.41, 5.74) is 1.05. The molecule has 1 fully saturated rings. The van der Waals surface area contributed by atoms with Gasteiger partial charge in [0.05, 0.1) is 23.8 Å². The summed E-state index contributed by atoms with van der Waals surface area (Å²) in [6, 6.07) is 3.37. The first-order valence-corrected chi connectivity index (χ1v) is 7.43. The molecule has 1 saturated heterocycles. The first-order chi connectivity index (χ1) is 11.3. The Balaban J connectivity index is 1.72. The summed E-state index contributed by atoms with van der Waals surface area (Å²) >= 11 is 0. The van der Waals surface area contributed by atoms with Crippen molar-refractivity contribution in [3.05, 3.63) is 48.5 Å². The summed E-state index contributed by atoms with van der Waals surface area (Å²) in [7, 11) is 1.66. The molecule has 118 valence electrons. The lowest BCUT2D eigenvalue weighted by Crippen LogP contribution is -2.33. The number of carbonyl (C=O) groups is 1. The van der Waals surface area contributed by atoms with Crippen molar-refractivity contribution in [3.8, 4) is 0 Å². The van der Waals surface area contributed by atoms with E-state index in [0.29, 0.717) is 24.2 Å². The highest BCUT2D eigenvalue weighted by Crippen LogP contribution is 2.33. The van der Waals surface area contributed by atoms with Crippen LogP contribution >= 0.6 is 0 Å². The molecule has 1 aliphatic rings. The van der Waals surface area contributed by atoms with E-state index in [2.05, 4.69) is 15.0 Å². The van der Waals surface area contributed by atoms with Crippen LogP contribution in [0.5, 0.6) is 0 Å². The number of methoxy groups -OCH3 is 1. The van der Waals surface area contributed by atoms with Crippen molar-refractivity contribution >= 4 is 16.9 Å². The van der Waals surface area contributed by atoms with E-state index < -0.39 is 0 Å². The van der Waals surface area contributed by atoms with Gasteiger partial charge in [0.15, 0.2) is 0 Å². The smallest absolute Gasteiger partial charge is 0.273 e. The van der Waals surface area contributed by atoms with Gasteiger partial charge in [0.1, 0.15) is 17.1 Å². The van der Waals surface area contributed by atoms with Gasteiger partial charge in [0.25, 0.3) is 5.91 Å². The average molecular weight is 312 g/mol. The third-order valence-electron chi connectivity index (χ3n) is 4.27. The molecule has 0 radical (unpaired) electrons. The van der Waals surface area contributed by atoms with Crippen LogP contribution in [0.2, 0.25) is 0 Å². The van der Waals surface area contributed by atoms with Crippen LogP contribution in [0.15, 0.2) is 41.4 Å². The number of fused-ring (bicyclic) bond motifs is 1. The summed E-state index contributed by atoms with van der Waals surface area (Å²) in [5.74, 6) is 0.621. The van der Waals surface area contributed by atoms with Crippen LogP contribution in [-0.2, 0) is 4.74 Å². The van der Waals surface area contributed by atoms with Crippen molar-refractivity contribution in [1.82, 2.24) is 19.9 Å². The molecule has 0 spiro atoms. The highest BCUT2D eigenvalue weighted by molar-refractivity contribution is 6.04. The lowest BCUT2D eigenvalue weighted by molar-refractivity contribution is 0.0681. The molecule has 3 aromatic rings. The number of hydrogen-bond donors (Lipinski definition) is 1. The second-order valence-corrected chi connectivity index (χ2v) is 5.53. The molecule has 7 nitrogen and oxygen atoms in total. The van der Waals surface area contributed by atoms with Gasteiger partial charge in [-0.15, -0.1) is 0 Å². The summed E-state index contributed by atoms with van der Waals surface area (Å²) in [6.07, 6.45) is 7.29. The van der Waals surface area contributed by atoms with Gasteiger partial charge in [-0.05, 0) is 12.1 Å². The Labute approximate surface area is 132 Å². The molecule has 23 heavy (non-hydrogen) atoms. The summed E-state index contributed by atoms with van der Waals surface area (Å²) in [6.45, 7) is 0.511. The molecule has 3 aromatic heterocycles. The SMILES string of the molecule is CO[C@@H]1C[C@@H](c2ncc[nH]2)N(C(=O)c2nccc3occc23)C1. The maximum atomic E-state index is 13.1. The number of furan rings is 1. The highest BCUT2D eigenvalue weighted by Gasteiger charge is 2.39. The average Bonchev–Trinajstić information content (AvgIpc) is 3.31. The van der Waals surface area contributed by atoms with E-state index in [1.54, 1.807) is 49.0 Å². The molecule has 4 heterocycles. The summed E-state index contributed by atoms with van der Waals surface area (Å²) in [4.78, 5) is 26.5. The minimum Gasteiger partial charge on any atom is -0.464 e. The molecule has 4 rings (SSSR count). The number of amides is 1. The van der Waals surface area contributed by atoms with Gasteiger partial charge in [-0.25, -0.2) is 4.98 Å². The zero-order chi connectivity index (χ0) is 15.8. The third-order valence-corrected chi connectivity index (χ3v) is 4.27. The van der Waals surface area contributed by atoms with Crippen LogP contribution in [0, 0.1) is 0 Å². The monoisotopic (exact) mass is 312 g/mol. The molecular formula is C16H16N4O3. The standard InChI is InChI=1S/C16H16N4O3/c1-22-10-8-12(15-18-5-6-19-15)20(9-10)16(21)14-11-3-7-23-13(11)2-4-17-14/h2-7,10,12H,8-9H2,1H3,(H,18,19)/t10-,12+/m1/s1. The summed E-state index contributed by atoms with van der Waals surface area (Å²) < 4.78 is 10.8. The minimum absolute atomic E-state index is 0.0161. The number of carbonyl (C=O) groups excluding carboxylic acids is 1. The quantitative estimate of drug-likeness (QED) is 0.801. The van der Waals surface area contributed by atoms with Crippen molar-refractivity contribution in [3.63, 3.8) is 0 Å². The molecule has 0 saturated carbocycles. The van der Waals surface area contributed by atoms with Crippen LogP contribution in [0.25, 0.3) is 11.0 Å². The van der Waals surface area contributed by atoms with Gasteiger partial charge < -0.3 is 19.0 Å². The Morgan fingerprint density at radius 3 is 3.09 bits per heavy atom. The van der Waals surface area contributed by atoms with Gasteiger partial charge >= 0.3 is 0 Å². The number of nitrogens with zero attached hydrogens (tertiary/aromatic N) is 3. The third kappa shape index (κ3) is 2.29. The normalized spacial score (nSPS) is 21.2. The number of pyridine rings is 1. The number of imidazole rings is 1. The minimum atomic E-state index is -0.147. The van der Waals surface area contributed by atoms with E-state index in [0.717, 1.165) is 11.2 Å². The van der Waals surface area contributed by atoms with Crippen LogP contribution in [0.3, 0.4) is 0 Å². The van der Waals surface area contributed by atoms with Crippen molar-refractivity contribution in [1.29, 1.82) is 0 Å². The van der Waals surface area contributed by atoms with Gasteiger partial charge in [0.2, 0.25) is 0 Å². The van der Waals surface area contributed by atoms with Gasteiger partial charge in [-0.2, -0.15) is 0 Å². The maximum Gasteiger partial charge on any atom is 0.273 e. The second-order valence-electron chi connectivity index (χ2n) is 5.53. The zero-order valence-electron chi connectivity index (χ0n) is 12.6. The van der Waals surface area contributed by atoms with Gasteiger partial charge in [0, 0.05) is 38.7 Å². The molecule has 2 atom stereocenters. The van der Waals surface area contributed by atoms with Gasteiger partial charge in [-0.3, -0.25) is 9.78 Å². The topological polar surface area (TPSA) is 84.2 Å². The molecule has 0 bridgehead atoms. The Kier molecular flexibility index (Phi) is 3.34. The molecular weight excluding hydrogens is 296 g/mol. The Morgan fingerprint density at radius 1 is 1.39 bits per heavy atom. The van der Waals surface area contributed by atoms with E-state index in [1.165, 1.54) is 0 Å².